The Kier molecular flexibility index (Phi) is 3.95. The number of halogens is 6. The topological polar surface area (TPSA) is 35.2 Å². The molecule has 2 rings (SSSR count). The second-order valence-corrected chi connectivity index (χ2v) is 4.35. The Morgan fingerprint density at radius 2 is 1.50 bits per heavy atom. The van der Waals surface area contributed by atoms with Gasteiger partial charge in [-0.25, -0.2) is 4.39 Å². The van der Waals surface area contributed by atoms with Crippen molar-refractivity contribution in [1.82, 2.24) is 0 Å². The van der Waals surface area contributed by atoms with Gasteiger partial charge in [-0.3, -0.25) is 0 Å². The van der Waals surface area contributed by atoms with Gasteiger partial charge < -0.3 is 10.5 Å². The van der Waals surface area contributed by atoms with Gasteiger partial charge in [-0.15, -0.1) is 0 Å². The fourth-order valence-electron chi connectivity index (χ4n) is 1.74. The molecule has 2 N–H and O–H groups in total. The van der Waals surface area contributed by atoms with E-state index in [0.29, 0.717) is 6.07 Å². The lowest BCUT2D eigenvalue weighted by Gasteiger charge is -2.20. The average Bonchev–Trinajstić information content (AvgIpc) is 2.39. The summed E-state index contributed by atoms with van der Waals surface area (Å²) < 4.78 is 83.3. The van der Waals surface area contributed by atoms with Gasteiger partial charge in [-0.1, -0.05) is 12.1 Å². The quantitative estimate of drug-likeness (QED) is 0.665. The van der Waals surface area contributed by atoms with Crippen molar-refractivity contribution in [3.63, 3.8) is 0 Å². The summed E-state index contributed by atoms with van der Waals surface area (Å²) in [6, 6.07) is 5.88. The normalized spacial score (nSPS) is 12.3. The van der Waals surface area contributed by atoms with E-state index in [1.165, 1.54) is 6.07 Å². The summed E-state index contributed by atoms with van der Waals surface area (Å²) in [6.45, 7) is 0. The zero-order valence-electron chi connectivity index (χ0n) is 10.8. The van der Waals surface area contributed by atoms with E-state index in [1.807, 2.05) is 0 Å². The molecule has 22 heavy (non-hydrogen) atoms. The molecular formula is C14H9F6NO. The van der Waals surface area contributed by atoms with Crippen LogP contribution in [-0.2, 0) is 12.3 Å². The predicted molar refractivity (Wildman–Crippen MR) is 66.8 cm³/mol. The predicted octanol–water partition coefficient (Wildman–Crippen LogP) is 4.56. The number of hydrogen-bond acceptors (Lipinski definition) is 2. The summed E-state index contributed by atoms with van der Waals surface area (Å²) in [7, 11) is 0. The van der Waals surface area contributed by atoms with Crippen LogP contribution >= 0.6 is 0 Å². The zero-order valence-corrected chi connectivity index (χ0v) is 10.8. The minimum atomic E-state index is -4.82. The first kappa shape index (κ1) is 16.0. The highest BCUT2D eigenvalue weighted by atomic mass is 19.4. The summed E-state index contributed by atoms with van der Waals surface area (Å²) in [5.41, 5.74) is 2.13. The average molecular weight is 321 g/mol. The molecule has 0 aliphatic rings. The molecule has 0 saturated heterocycles. The van der Waals surface area contributed by atoms with Gasteiger partial charge in [0, 0.05) is 5.69 Å². The van der Waals surface area contributed by atoms with Crippen molar-refractivity contribution in [3.05, 3.63) is 59.4 Å². The van der Waals surface area contributed by atoms with Crippen molar-refractivity contribution < 1.29 is 31.1 Å². The Labute approximate surface area is 121 Å². The van der Waals surface area contributed by atoms with Gasteiger partial charge in [0.25, 0.3) is 0 Å². The van der Waals surface area contributed by atoms with Crippen molar-refractivity contribution in [2.75, 3.05) is 5.73 Å². The number of hydrogen-bond donors (Lipinski definition) is 1. The van der Waals surface area contributed by atoms with Crippen LogP contribution in [-0.4, -0.2) is 0 Å². The number of rotatable bonds is 3. The maximum atomic E-state index is 13.9. The molecule has 8 heteroatoms. The number of ether oxygens (including phenoxy) is 1. The van der Waals surface area contributed by atoms with Crippen molar-refractivity contribution >= 4 is 5.69 Å². The molecule has 0 atom stereocenters. The van der Waals surface area contributed by atoms with Crippen molar-refractivity contribution in [3.8, 4) is 5.75 Å². The lowest BCUT2D eigenvalue weighted by molar-refractivity contribution is -0.188. The van der Waals surface area contributed by atoms with Crippen LogP contribution in [0.5, 0.6) is 5.75 Å². The molecule has 0 fully saturated rings. The molecule has 2 aromatic rings. The van der Waals surface area contributed by atoms with Gasteiger partial charge in [0.2, 0.25) is 0 Å². The zero-order chi connectivity index (χ0) is 16.5. The summed E-state index contributed by atoms with van der Waals surface area (Å²) in [4.78, 5) is 0. The van der Waals surface area contributed by atoms with Crippen molar-refractivity contribution in [2.24, 2.45) is 0 Å². The first-order valence-corrected chi connectivity index (χ1v) is 5.90. The molecule has 0 aliphatic carbocycles. The first-order valence-electron chi connectivity index (χ1n) is 5.90. The number of anilines is 1. The number of benzene rings is 2. The molecule has 0 radical (unpaired) electrons. The molecule has 0 spiro atoms. The van der Waals surface area contributed by atoms with E-state index in [2.05, 4.69) is 4.74 Å². The summed E-state index contributed by atoms with van der Waals surface area (Å²) in [5.74, 6) is -2.02. The van der Waals surface area contributed by atoms with Crippen molar-refractivity contribution in [2.45, 2.75) is 12.3 Å². The molecule has 2 aromatic carbocycles. The maximum Gasteiger partial charge on any atom is 0.429 e. The second-order valence-electron chi connectivity index (χ2n) is 4.35. The third-order valence-electron chi connectivity index (χ3n) is 2.76. The summed E-state index contributed by atoms with van der Waals surface area (Å²) in [6.07, 6.45) is -8.96. The highest BCUT2D eigenvalue weighted by molar-refractivity contribution is 5.52. The van der Waals surface area contributed by atoms with Crippen LogP contribution in [0.1, 0.15) is 11.1 Å². The molecular weight excluding hydrogens is 312 g/mol. The van der Waals surface area contributed by atoms with Gasteiger partial charge >= 0.3 is 12.3 Å². The Morgan fingerprint density at radius 3 is 2.09 bits per heavy atom. The molecule has 0 unspecified atom stereocenters. The van der Waals surface area contributed by atoms with E-state index in [4.69, 9.17) is 5.73 Å². The van der Waals surface area contributed by atoms with E-state index in [-0.39, 0.29) is 0 Å². The fourth-order valence-corrected chi connectivity index (χ4v) is 1.74. The SMILES string of the molecule is Nc1ccc(OC(F)(F)c2ccccc2F)cc1C(F)(F)F. The third kappa shape index (κ3) is 3.26. The monoisotopic (exact) mass is 321 g/mol. The Hall–Kier alpha value is -2.38. The number of nitrogen functional groups attached to an aromatic ring is 1. The van der Waals surface area contributed by atoms with Crippen LogP contribution in [0.2, 0.25) is 0 Å². The smallest absolute Gasteiger partial charge is 0.429 e. The molecule has 118 valence electrons. The lowest BCUT2D eigenvalue weighted by atomic mass is 10.1. The highest BCUT2D eigenvalue weighted by Crippen LogP contribution is 2.38. The Morgan fingerprint density at radius 1 is 0.864 bits per heavy atom. The maximum absolute atomic E-state index is 13.9. The Bertz CT molecular complexity index is 683. The van der Waals surface area contributed by atoms with Gasteiger partial charge in [0.05, 0.1) is 11.1 Å². The standard InChI is InChI=1S/C14H9F6NO/c15-11-4-2-1-3-9(11)14(19,20)22-8-5-6-12(21)10(7-8)13(16,17)18/h1-7H,21H2. The van der Waals surface area contributed by atoms with E-state index in [1.54, 1.807) is 0 Å². The molecule has 0 bridgehead atoms. The molecule has 0 heterocycles. The molecule has 0 aliphatic heterocycles. The Balaban J connectivity index is 2.37. The largest absolute Gasteiger partial charge is 0.429 e. The van der Waals surface area contributed by atoms with Gasteiger partial charge in [0.1, 0.15) is 11.6 Å². The van der Waals surface area contributed by atoms with E-state index in [9.17, 15) is 26.3 Å². The number of nitrogens with two attached hydrogens (primary N) is 1. The lowest BCUT2D eigenvalue weighted by Crippen LogP contribution is -2.23. The van der Waals surface area contributed by atoms with Crippen LogP contribution in [0.15, 0.2) is 42.5 Å². The van der Waals surface area contributed by atoms with Crippen LogP contribution in [0.3, 0.4) is 0 Å². The summed E-state index contributed by atoms with van der Waals surface area (Å²) >= 11 is 0. The van der Waals surface area contributed by atoms with Crippen LogP contribution in [0.4, 0.5) is 32.0 Å². The van der Waals surface area contributed by atoms with E-state index >= 15 is 0 Å². The first-order chi connectivity index (χ1) is 10.1. The minimum Gasteiger partial charge on any atom is -0.429 e. The van der Waals surface area contributed by atoms with E-state index in [0.717, 1.165) is 30.3 Å². The fraction of sp³-hybridized carbons (Fsp3) is 0.143. The minimum absolute atomic E-state index is 0.337. The van der Waals surface area contributed by atoms with Crippen LogP contribution < -0.4 is 10.5 Å². The highest BCUT2D eigenvalue weighted by Gasteiger charge is 2.39. The summed E-state index contributed by atoms with van der Waals surface area (Å²) in [5, 5.41) is 0. The number of alkyl halides is 5. The van der Waals surface area contributed by atoms with Crippen LogP contribution in [0, 0.1) is 5.82 Å². The van der Waals surface area contributed by atoms with Crippen LogP contribution in [0.25, 0.3) is 0 Å². The van der Waals surface area contributed by atoms with E-state index < -0.39 is 40.7 Å². The van der Waals surface area contributed by atoms with Gasteiger partial charge in [-0.2, -0.15) is 22.0 Å². The molecule has 0 aromatic heterocycles. The van der Waals surface area contributed by atoms with Gasteiger partial charge in [-0.05, 0) is 30.3 Å². The molecule has 0 amide bonds. The molecule has 2 nitrogen and oxygen atoms in total. The third-order valence-corrected chi connectivity index (χ3v) is 2.76. The molecule has 0 saturated carbocycles. The second kappa shape index (κ2) is 5.43. The van der Waals surface area contributed by atoms with Gasteiger partial charge in [0.15, 0.2) is 0 Å². The van der Waals surface area contributed by atoms with Crippen molar-refractivity contribution in [1.29, 1.82) is 0 Å².